The normalized spacial score (nSPS) is 12.8. The molecule has 1 atom stereocenters. The van der Waals surface area contributed by atoms with Gasteiger partial charge in [0.05, 0.1) is 0 Å². The van der Waals surface area contributed by atoms with E-state index in [-0.39, 0.29) is 0 Å². The van der Waals surface area contributed by atoms with Crippen LogP contribution in [0.5, 0.6) is 0 Å². The quantitative estimate of drug-likeness (QED) is 0.586. The molecule has 1 heterocycles. The van der Waals surface area contributed by atoms with Gasteiger partial charge in [-0.2, -0.15) is 0 Å². The summed E-state index contributed by atoms with van der Waals surface area (Å²) in [6.45, 7) is 4.82. The van der Waals surface area contributed by atoms with Gasteiger partial charge in [0.15, 0.2) is 5.16 Å². The summed E-state index contributed by atoms with van der Waals surface area (Å²) in [4.78, 5) is 8.45. The lowest BCUT2D eigenvalue weighted by Crippen LogP contribution is -2.12. The average molecular weight is 197 g/mol. The standard InChI is InChI=1S/C9H15N3S/c1-7(5-10)6-13-9-11-4-3-8(2)12-9/h3-4,7H,5-6,10H2,1-2H3. The highest BCUT2D eigenvalue weighted by Crippen LogP contribution is 2.15. The molecule has 1 aromatic heterocycles. The molecule has 13 heavy (non-hydrogen) atoms. The highest BCUT2D eigenvalue weighted by atomic mass is 32.2. The maximum absolute atomic E-state index is 5.51. The predicted molar refractivity (Wildman–Crippen MR) is 55.7 cm³/mol. The molecule has 0 radical (unpaired) electrons. The Hall–Kier alpha value is -0.610. The molecule has 0 aromatic carbocycles. The molecule has 2 N–H and O–H groups in total. The summed E-state index contributed by atoms with van der Waals surface area (Å²) in [5.74, 6) is 1.51. The molecule has 4 heteroatoms. The van der Waals surface area contributed by atoms with Crippen LogP contribution in [0.2, 0.25) is 0 Å². The summed E-state index contributed by atoms with van der Waals surface area (Å²) in [6.07, 6.45) is 1.79. The van der Waals surface area contributed by atoms with Gasteiger partial charge in [-0.15, -0.1) is 0 Å². The number of thioether (sulfide) groups is 1. The van der Waals surface area contributed by atoms with E-state index in [9.17, 15) is 0 Å². The van der Waals surface area contributed by atoms with Crippen molar-refractivity contribution in [2.75, 3.05) is 12.3 Å². The zero-order chi connectivity index (χ0) is 9.68. The van der Waals surface area contributed by atoms with E-state index in [2.05, 4.69) is 16.9 Å². The first-order valence-electron chi connectivity index (χ1n) is 4.35. The number of hydrogen-bond acceptors (Lipinski definition) is 4. The third kappa shape index (κ3) is 3.74. The molecule has 0 amide bonds. The van der Waals surface area contributed by atoms with Gasteiger partial charge in [0, 0.05) is 17.6 Å². The summed E-state index contributed by atoms with van der Waals surface area (Å²) in [5.41, 5.74) is 6.52. The second-order valence-electron chi connectivity index (χ2n) is 3.13. The first kappa shape index (κ1) is 10.5. The molecule has 72 valence electrons. The maximum atomic E-state index is 5.51. The summed E-state index contributed by atoms with van der Waals surface area (Å²) < 4.78 is 0. The Morgan fingerprint density at radius 2 is 2.38 bits per heavy atom. The summed E-state index contributed by atoms with van der Waals surface area (Å²) >= 11 is 1.67. The third-order valence-electron chi connectivity index (χ3n) is 1.67. The third-order valence-corrected chi connectivity index (χ3v) is 2.86. The highest BCUT2D eigenvalue weighted by molar-refractivity contribution is 7.99. The first-order chi connectivity index (χ1) is 6.22. The van der Waals surface area contributed by atoms with Crippen LogP contribution in [-0.2, 0) is 0 Å². The van der Waals surface area contributed by atoms with Gasteiger partial charge in [-0.25, -0.2) is 9.97 Å². The molecule has 1 unspecified atom stereocenters. The fourth-order valence-electron chi connectivity index (χ4n) is 0.780. The summed E-state index contributed by atoms with van der Waals surface area (Å²) in [5, 5.41) is 0.848. The van der Waals surface area contributed by atoms with E-state index in [0.29, 0.717) is 5.92 Å². The van der Waals surface area contributed by atoms with Gasteiger partial charge >= 0.3 is 0 Å². The van der Waals surface area contributed by atoms with Crippen molar-refractivity contribution < 1.29 is 0 Å². The van der Waals surface area contributed by atoms with Crippen molar-refractivity contribution in [2.45, 2.75) is 19.0 Å². The van der Waals surface area contributed by atoms with Gasteiger partial charge < -0.3 is 5.73 Å². The van der Waals surface area contributed by atoms with Crippen molar-refractivity contribution in [1.29, 1.82) is 0 Å². The van der Waals surface area contributed by atoms with Crippen molar-refractivity contribution in [3.63, 3.8) is 0 Å². The molecule has 0 aliphatic rings. The van der Waals surface area contributed by atoms with E-state index < -0.39 is 0 Å². The Bertz CT molecular complexity index is 265. The van der Waals surface area contributed by atoms with E-state index in [0.717, 1.165) is 23.1 Å². The number of nitrogens with two attached hydrogens (primary N) is 1. The molecular weight excluding hydrogens is 182 g/mol. The van der Waals surface area contributed by atoms with Crippen LogP contribution in [0.4, 0.5) is 0 Å². The van der Waals surface area contributed by atoms with Crippen LogP contribution in [0, 0.1) is 12.8 Å². The number of hydrogen-bond donors (Lipinski definition) is 1. The van der Waals surface area contributed by atoms with Crippen molar-refractivity contribution in [3.05, 3.63) is 18.0 Å². The highest BCUT2D eigenvalue weighted by Gasteiger charge is 2.02. The van der Waals surface area contributed by atoms with Gasteiger partial charge in [-0.1, -0.05) is 18.7 Å². The van der Waals surface area contributed by atoms with E-state index in [1.54, 1.807) is 18.0 Å². The fourth-order valence-corrected chi connectivity index (χ4v) is 1.69. The zero-order valence-electron chi connectivity index (χ0n) is 8.03. The van der Waals surface area contributed by atoms with Crippen LogP contribution in [-0.4, -0.2) is 22.3 Å². The lowest BCUT2D eigenvalue weighted by atomic mass is 10.2. The molecule has 0 saturated carbocycles. The van der Waals surface area contributed by atoms with E-state index >= 15 is 0 Å². The van der Waals surface area contributed by atoms with Crippen LogP contribution in [0.25, 0.3) is 0 Å². The van der Waals surface area contributed by atoms with Crippen molar-refractivity contribution >= 4 is 11.8 Å². The largest absolute Gasteiger partial charge is 0.330 e. The Balaban J connectivity index is 2.45. The number of aromatic nitrogens is 2. The Morgan fingerprint density at radius 1 is 1.62 bits per heavy atom. The predicted octanol–water partition coefficient (Wildman–Crippen LogP) is 1.47. The number of rotatable bonds is 4. The topological polar surface area (TPSA) is 51.8 Å². The minimum atomic E-state index is 0.522. The van der Waals surface area contributed by atoms with Gasteiger partial charge in [0.1, 0.15) is 0 Å². The maximum Gasteiger partial charge on any atom is 0.187 e. The molecule has 0 saturated heterocycles. The van der Waals surface area contributed by atoms with Crippen molar-refractivity contribution in [1.82, 2.24) is 9.97 Å². The van der Waals surface area contributed by atoms with Crippen LogP contribution >= 0.6 is 11.8 Å². The molecule has 0 bridgehead atoms. The molecule has 1 rings (SSSR count). The summed E-state index contributed by atoms with van der Waals surface area (Å²) in [6, 6.07) is 1.90. The Labute approximate surface area is 83.2 Å². The zero-order valence-corrected chi connectivity index (χ0v) is 8.84. The number of aryl methyl sites for hydroxylation is 1. The average Bonchev–Trinajstić information content (AvgIpc) is 2.14. The minimum Gasteiger partial charge on any atom is -0.330 e. The van der Waals surface area contributed by atoms with Crippen LogP contribution in [0.15, 0.2) is 17.4 Å². The second kappa shape index (κ2) is 5.19. The Morgan fingerprint density at radius 3 is 3.00 bits per heavy atom. The van der Waals surface area contributed by atoms with Gasteiger partial charge in [0.25, 0.3) is 0 Å². The summed E-state index contributed by atoms with van der Waals surface area (Å²) in [7, 11) is 0. The minimum absolute atomic E-state index is 0.522. The van der Waals surface area contributed by atoms with E-state index in [1.165, 1.54) is 0 Å². The van der Waals surface area contributed by atoms with E-state index in [1.807, 2.05) is 13.0 Å². The molecular formula is C9H15N3S. The SMILES string of the molecule is Cc1ccnc(SCC(C)CN)n1. The van der Waals surface area contributed by atoms with E-state index in [4.69, 9.17) is 5.73 Å². The molecule has 0 aliphatic carbocycles. The lowest BCUT2D eigenvalue weighted by molar-refractivity contribution is 0.674. The second-order valence-corrected chi connectivity index (χ2v) is 4.12. The monoisotopic (exact) mass is 197 g/mol. The van der Waals surface area contributed by atoms with Crippen LogP contribution in [0.3, 0.4) is 0 Å². The van der Waals surface area contributed by atoms with Crippen LogP contribution < -0.4 is 5.73 Å². The van der Waals surface area contributed by atoms with Gasteiger partial charge in [-0.05, 0) is 25.5 Å². The fraction of sp³-hybridized carbons (Fsp3) is 0.556. The van der Waals surface area contributed by atoms with Crippen molar-refractivity contribution in [2.24, 2.45) is 11.7 Å². The van der Waals surface area contributed by atoms with Crippen LogP contribution in [0.1, 0.15) is 12.6 Å². The molecule has 0 aliphatic heterocycles. The van der Waals surface area contributed by atoms with Crippen molar-refractivity contribution in [3.8, 4) is 0 Å². The van der Waals surface area contributed by atoms with Gasteiger partial charge in [-0.3, -0.25) is 0 Å². The Kier molecular flexibility index (Phi) is 4.18. The smallest absolute Gasteiger partial charge is 0.187 e. The molecule has 0 fully saturated rings. The lowest BCUT2D eigenvalue weighted by Gasteiger charge is -2.06. The molecule has 3 nitrogen and oxygen atoms in total. The molecule has 0 spiro atoms. The van der Waals surface area contributed by atoms with Gasteiger partial charge in [0.2, 0.25) is 0 Å². The number of nitrogens with zero attached hydrogens (tertiary/aromatic N) is 2. The molecule has 1 aromatic rings. The first-order valence-corrected chi connectivity index (χ1v) is 5.33.